The van der Waals surface area contributed by atoms with Crippen molar-refractivity contribution in [2.24, 2.45) is 0 Å². The van der Waals surface area contributed by atoms with Crippen LogP contribution in [0.3, 0.4) is 0 Å². The van der Waals surface area contributed by atoms with E-state index < -0.39 is 0 Å². The molecule has 25 heavy (non-hydrogen) atoms. The summed E-state index contributed by atoms with van der Waals surface area (Å²) in [6, 6.07) is 10.7. The number of aromatic nitrogens is 1. The highest BCUT2D eigenvalue weighted by molar-refractivity contribution is 5.90. The van der Waals surface area contributed by atoms with E-state index in [1.165, 1.54) is 18.2 Å². The minimum atomic E-state index is -0.119. The number of ether oxygens (including phenoxy) is 1. The summed E-state index contributed by atoms with van der Waals surface area (Å²) >= 11 is 0. The fraction of sp³-hybridized carbons (Fsp3) is 0.500. The molecule has 0 N–H and O–H groups in total. The second-order valence-electron chi connectivity index (χ2n) is 6.57. The fourth-order valence-corrected chi connectivity index (χ4v) is 3.69. The average molecular weight is 341 g/mol. The SMILES string of the molecule is CCC(CC(=O)OC)N1CCCN(c2cccc3cccnc23)CC1. The molecule has 1 saturated heterocycles. The highest BCUT2D eigenvalue weighted by atomic mass is 16.5. The van der Waals surface area contributed by atoms with Gasteiger partial charge in [0, 0.05) is 43.8 Å². The second-order valence-corrected chi connectivity index (χ2v) is 6.57. The molecule has 1 aliphatic heterocycles. The maximum Gasteiger partial charge on any atom is 0.307 e. The van der Waals surface area contributed by atoms with Crippen molar-refractivity contribution in [3.63, 3.8) is 0 Å². The van der Waals surface area contributed by atoms with Crippen LogP contribution < -0.4 is 4.90 Å². The lowest BCUT2D eigenvalue weighted by atomic mass is 10.1. The molecule has 1 unspecified atom stereocenters. The third kappa shape index (κ3) is 4.10. The van der Waals surface area contributed by atoms with Crippen molar-refractivity contribution < 1.29 is 9.53 Å². The Hall–Kier alpha value is -2.14. The van der Waals surface area contributed by atoms with Crippen molar-refractivity contribution in [1.82, 2.24) is 9.88 Å². The van der Waals surface area contributed by atoms with Crippen LogP contribution in [0.4, 0.5) is 5.69 Å². The Balaban J connectivity index is 1.73. The molecule has 5 heteroatoms. The lowest BCUT2D eigenvalue weighted by Gasteiger charge is -2.29. The standard InChI is InChI=1S/C20H27N3O2/c1-3-17(15-19(24)25-2)22-11-6-12-23(14-13-22)18-9-4-7-16-8-5-10-21-20(16)18/h4-5,7-10,17H,3,6,11-15H2,1-2H3. The fourth-order valence-electron chi connectivity index (χ4n) is 3.69. The van der Waals surface area contributed by atoms with E-state index in [-0.39, 0.29) is 12.0 Å². The van der Waals surface area contributed by atoms with Gasteiger partial charge in [-0.05, 0) is 25.0 Å². The minimum absolute atomic E-state index is 0.119. The van der Waals surface area contributed by atoms with Crippen molar-refractivity contribution in [2.45, 2.75) is 32.2 Å². The lowest BCUT2D eigenvalue weighted by molar-refractivity contribution is -0.142. The number of pyridine rings is 1. The molecule has 0 radical (unpaired) electrons. The van der Waals surface area contributed by atoms with Crippen molar-refractivity contribution >= 4 is 22.6 Å². The Labute approximate surface area is 149 Å². The molecule has 2 aromatic rings. The number of rotatable bonds is 5. The predicted octanol–water partition coefficient (Wildman–Crippen LogP) is 3.09. The molecule has 0 amide bonds. The average Bonchev–Trinajstić information content (AvgIpc) is 2.91. The number of para-hydroxylation sites is 1. The molecule has 1 fully saturated rings. The first-order chi connectivity index (χ1) is 12.2. The van der Waals surface area contributed by atoms with E-state index in [2.05, 4.69) is 46.0 Å². The highest BCUT2D eigenvalue weighted by Crippen LogP contribution is 2.26. The Bertz CT molecular complexity index is 714. The van der Waals surface area contributed by atoms with E-state index in [9.17, 15) is 4.79 Å². The molecule has 1 atom stereocenters. The predicted molar refractivity (Wildman–Crippen MR) is 101 cm³/mol. The number of esters is 1. The van der Waals surface area contributed by atoms with Crippen LogP contribution in [0.15, 0.2) is 36.5 Å². The van der Waals surface area contributed by atoms with Crippen LogP contribution in [-0.2, 0) is 9.53 Å². The summed E-state index contributed by atoms with van der Waals surface area (Å²) in [7, 11) is 1.47. The molecule has 0 saturated carbocycles. The van der Waals surface area contributed by atoms with Gasteiger partial charge in [0.2, 0.25) is 0 Å². The number of hydrogen-bond acceptors (Lipinski definition) is 5. The zero-order valence-electron chi connectivity index (χ0n) is 15.1. The number of anilines is 1. The molecule has 5 nitrogen and oxygen atoms in total. The summed E-state index contributed by atoms with van der Waals surface area (Å²) in [6.45, 7) is 6.09. The molecular formula is C20H27N3O2. The van der Waals surface area contributed by atoms with E-state index >= 15 is 0 Å². The summed E-state index contributed by atoms with van der Waals surface area (Å²) in [6.07, 6.45) is 4.38. The zero-order valence-corrected chi connectivity index (χ0v) is 15.1. The summed E-state index contributed by atoms with van der Waals surface area (Å²) < 4.78 is 4.86. The van der Waals surface area contributed by atoms with Gasteiger partial charge in [-0.15, -0.1) is 0 Å². The van der Waals surface area contributed by atoms with Crippen molar-refractivity contribution in [2.75, 3.05) is 38.2 Å². The summed E-state index contributed by atoms with van der Waals surface area (Å²) in [5, 5.41) is 1.18. The summed E-state index contributed by atoms with van der Waals surface area (Å²) in [5.74, 6) is -0.119. The molecule has 0 aliphatic carbocycles. The third-order valence-electron chi connectivity index (χ3n) is 5.10. The first kappa shape index (κ1) is 17.7. The maximum atomic E-state index is 11.7. The van der Waals surface area contributed by atoms with E-state index in [4.69, 9.17) is 4.74 Å². The lowest BCUT2D eigenvalue weighted by Crippen LogP contribution is -2.39. The molecule has 1 aliphatic rings. The van der Waals surface area contributed by atoms with E-state index in [0.29, 0.717) is 6.42 Å². The smallest absolute Gasteiger partial charge is 0.307 e. The van der Waals surface area contributed by atoms with Crippen LogP contribution in [0.2, 0.25) is 0 Å². The zero-order chi connectivity index (χ0) is 17.6. The van der Waals surface area contributed by atoms with E-state index in [0.717, 1.165) is 44.5 Å². The van der Waals surface area contributed by atoms with Gasteiger partial charge in [0.15, 0.2) is 0 Å². The number of methoxy groups -OCH3 is 1. The Kier molecular flexibility index (Phi) is 5.87. The van der Waals surface area contributed by atoms with E-state index in [1.807, 2.05) is 12.3 Å². The summed E-state index contributed by atoms with van der Waals surface area (Å²) in [5.41, 5.74) is 2.28. The normalized spacial score (nSPS) is 17.3. The molecule has 0 spiro atoms. The third-order valence-corrected chi connectivity index (χ3v) is 5.10. The quantitative estimate of drug-likeness (QED) is 0.782. The van der Waals surface area contributed by atoms with Crippen LogP contribution >= 0.6 is 0 Å². The van der Waals surface area contributed by atoms with Gasteiger partial charge in [0.25, 0.3) is 0 Å². The molecule has 0 bridgehead atoms. The van der Waals surface area contributed by atoms with Gasteiger partial charge >= 0.3 is 5.97 Å². The topological polar surface area (TPSA) is 45.7 Å². The number of fused-ring (bicyclic) bond motifs is 1. The van der Waals surface area contributed by atoms with Gasteiger partial charge < -0.3 is 9.64 Å². The van der Waals surface area contributed by atoms with Crippen molar-refractivity contribution in [1.29, 1.82) is 0 Å². The number of carbonyl (C=O) groups excluding carboxylic acids is 1. The monoisotopic (exact) mass is 341 g/mol. The largest absolute Gasteiger partial charge is 0.469 e. The van der Waals surface area contributed by atoms with Gasteiger partial charge in [0.05, 0.1) is 24.7 Å². The molecule has 1 aromatic carbocycles. The minimum Gasteiger partial charge on any atom is -0.469 e. The first-order valence-corrected chi connectivity index (χ1v) is 9.12. The number of nitrogens with zero attached hydrogens (tertiary/aromatic N) is 3. The molecule has 134 valence electrons. The number of benzene rings is 1. The van der Waals surface area contributed by atoms with Crippen LogP contribution in [0.1, 0.15) is 26.2 Å². The Morgan fingerprint density at radius 2 is 2.04 bits per heavy atom. The van der Waals surface area contributed by atoms with Crippen molar-refractivity contribution in [3.05, 3.63) is 36.5 Å². The van der Waals surface area contributed by atoms with Gasteiger partial charge in [-0.3, -0.25) is 14.7 Å². The van der Waals surface area contributed by atoms with Crippen LogP contribution in [0.25, 0.3) is 10.9 Å². The van der Waals surface area contributed by atoms with Crippen molar-refractivity contribution in [3.8, 4) is 0 Å². The number of hydrogen-bond donors (Lipinski definition) is 0. The van der Waals surface area contributed by atoms with Gasteiger partial charge in [-0.25, -0.2) is 0 Å². The second kappa shape index (κ2) is 8.30. The maximum absolute atomic E-state index is 11.7. The number of carbonyl (C=O) groups is 1. The van der Waals surface area contributed by atoms with Crippen LogP contribution in [0, 0.1) is 0 Å². The van der Waals surface area contributed by atoms with Crippen LogP contribution in [-0.4, -0.2) is 55.2 Å². The molecule has 3 rings (SSSR count). The highest BCUT2D eigenvalue weighted by Gasteiger charge is 2.24. The first-order valence-electron chi connectivity index (χ1n) is 9.12. The molecule has 2 heterocycles. The Morgan fingerprint density at radius 1 is 1.20 bits per heavy atom. The van der Waals surface area contributed by atoms with Crippen LogP contribution in [0.5, 0.6) is 0 Å². The Morgan fingerprint density at radius 3 is 2.84 bits per heavy atom. The summed E-state index contributed by atoms with van der Waals surface area (Å²) in [4.78, 5) is 21.1. The van der Waals surface area contributed by atoms with Gasteiger partial charge in [-0.1, -0.05) is 25.1 Å². The molecular weight excluding hydrogens is 314 g/mol. The van der Waals surface area contributed by atoms with E-state index in [1.54, 1.807) is 0 Å². The van der Waals surface area contributed by atoms with Gasteiger partial charge in [0.1, 0.15) is 0 Å². The molecule has 1 aromatic heterocycles. The van der Waals surface area contributed by atoms with Gasteiger partial charge in [-0.2, -0.15) is 0 Å².